The van der Waals surface area contributed by atoms with Gasteiger partial charge in [0, 0.05) is 5.56 Å². The molecule has 0 radical (unpaired) electrons. The molecule has 0 fully saturated rings. The van der Waals surface area contributed by atoms with Crippen molar-refractivity contribution in [3.05, 3.63) is 64.0 Å². The summed E-state index contributed by atoms with van der Waals surface area (Å²) in [5.41, 5.74) is 3.32. The van der Waals surface area contributed by atoms with Gasteiger partial charge in [-0.2, -0.15) is 0 Å². The molecule has 1 atom stereocenters. The molecule has 0 saturated carbocycles. The highest BCUT2D eigenvalue weighted by Crippen LogP contribution is 2.35. The lowest BCUT2D eigenvalue weighted by molar-refractivity contribution is 0.416. The minimum Gasteiger partial charge on any atom is -0.496 e. The summed E-state index contributed by atoms with van der Waals surface area (Å²) in [5, 5.41) is 0.373. The van der Waals surface area contributed by atoms with E-state index in [0.717, 1.165) is 17.5 Å². The number of hydrogen-bond acceptors (Lipinski definition) is 4. The normalized spacial score (nSPS) is 16.2. The summed E-state index contributed by atoms with van der Waals surface area (Å²) in [5.74, 6) is 1.26. The van der Waals surface area contributed by atoms with Gasteiger partial charge in [0.1, 0.15) is 11.1 Å². The minimum absolute atomic E-state index is 0.344. The molecule has 0 spiro atoms. The van der Waals surface area contributed by atoms with Crippen molar-refractivity contribution < 1.29 is 9.15 Å². The summed E-state index contributed by atoms with van der Waals surface area (Å²) >= 11 is 0. The summed E-state index contributed by atoms with van der Waals surface area (Å²) in [6.07, 6.45) is 5.25. The second-order valence-electron chi connectivity index (χ2n) is 6.01. The first-order valence-corrected chi connectivity index (χ1v) is 7.96. The summed E-state index contributed by atoms with van der Waals surface area (Å²) in [4.78, 5) is 17.0. The van der Waals surface area contributed by atoms with E-state index in [1.54, 1.807) is 12.1 Å². The fourth-order valence-electron chi connectivity index (χ4n) is 3.28. The topological polar surface area (TPSA) is 52.3 Å². The van der Waals surface area contributed by atoms with E-state index in [9.17, 15) is 4.79 Å². The van der Waals surface area contributed by atoms with Crippen LogP contribution < -0.4 is 10.4 Å². The number of methoxy groups -OCH3 is 1. The molecule has 1 aliphatic rings. The molecule has 4 rings (SSSR count). The number of nitrogens with zero attached hydrogens (tertiary/aromatic N) is 1. The zero-order valence-electron chi connectivity index (χ0n) is 13.6. The predicted octanol–water partition coefficient (Wildman–Crippen LogP) is 4.38. The summed E-state index contributed by atoms with van der Waals surface area (Å²) in [6.45, 7) is 2.20. The highest BCUT2D eigenvalue weighted by Gasteiger charge is 2.19. The van der Waals surface area contributed by atoms with Crippen LogP contribution in [0.4, 0.5) is 0 Å². The van der Waals surface area contributed by atoms with Crippen LogP contribution in [0.15, 0.2) is 51.7 Å². The summed E-state index contributed by atoms with van der Waals surface area (Å²) in [7, 11) is 1.53. The van der Waals surface area contributed by atoms with Gasteiger partial charge in [0.05, 0.1) is 12.6 Å². The molecule has 4 nitrogen and oxygen atoms in total. The molecule has 0 aliphatic heterocycles. The number of aromatic nitrogens is 1. The van der Waals surface area contributed by atoms with E-state index < -0.39 is 5.63 Å². The summed E-state index contributed by atoms with van der Waals surface area (Å²) < 4.78 is 10.8. The first-order valence-electron chi connectivity index (χ1n) is 7.96. The van der Waals surface area contributed by atoms with Crippen molar-refractivity contribution in [2.24, 2.45) is 0 Å². The van der Waals surface area contributed by atoms with Crippen molar-refractivity contribution in [1.29, 1.82) is 0 Å². The van der Waals surface area contributed by atoms with Gasteiger partial charge in [-0.25, -0.2) is 9.78 Å². The molecule has 0 amide bonds. The number of rotatable bonds is 2. The molecular weight excluding hydrogens is 302 g/mol. The van der Waals surface area contributed by atoms with E-state index in [-0.39, 0.29) is 0 Å². The highest BCUT2D eigenvalue weighted by molar-refractivity contribution is 5.85. The van der Waals surface area contributed by atoms with Crippen LogP contribution >= 0.6 is 0 Å². The van der Waals surface area contributed by atoms with Gasteiger partial charge >= 0.3 is 5.63 Å². The Labute approximate surface area is 139 Å². The molecule has 1 unspecified atom stereocenters. The number of hydrogen-bond donors (Lipinski definition) is 0. The third-order valence-corrected chi connectivity index (χ3v) is 4.51. The van der Waals surface area contributed by atoms with Gasteiger partial charge in [0.15, 0.2) is 0 Å². The lowest BCUT2D eigenvalue weighted by Gasteiger charge is -2.19. The van der Waals surface area contributed by atoms with Crippen LogP contribution in [0.25, 0.3) is 28.4 Å². The van der Waals surface area contributed by atoms with Crippen LogP contribution in [0.2, 0.25) is 0 Å². The maximum atomic E-state index is 12.5. The van der Waals surface area contributed by atoms with Crippen LogP contribution in [0.3, 0.4) is 0 Å². The Kier molecular flexibility index (Phi) is 3.45. The Balaban J connectivity index is 1.98. The average molecular weight is 319 g/mol. The molecule has 0 saturated heterocycles. The Morgan fingerprint density at radius 1 is 1.21 bits per heavy atom. The third-order valence-electron chi connectivity index (χ3n) is 4.51. The van der Waals surface area contributed by atoms with Crippen LogP contribution in [0.5, 0.6) is 5.75 Å². The molecule has 120 valence electrons. The van der Waals surface area contributed by atoms with Crippen molar-refractivity contribution in [2.45, 2.75) is 19.3 Å². The number of ether oxygens (including phenoxy) is 1. The lowest BCUT2D eigenvalue weighted by atomic mass is 9.86. The fraction of sp³-hybridized carbons (Fsp3) is 0.200. The summed E-state index contributed by atoms with van der Waals surface area (Å²) in [6, 6.07) is 11.4. The molecule has 4 heteroatoms. The van der Waals surface area contributed by atoms with Gasteiger partial charge < -0.3 is 9.15 Å². The van der Waals surface area contributed by atoms with E-state index in [1.165, 1.54) is 12.7 Å². The second-order valence-corrected chi connectivity index (χ2v) is 6.01. The average Bonchev–Trinajstić information content (AvgIpc) is 2.61. The van der Waals surface area contributed by atoms with Gasteiger partial charge in [-0.05, 0) is 41.7 Å². The van der Waals surface area contributed by atoms with Crippen LogP contribution in [0, 0.1) is 0 Å². The zero-order valence-corrected chi connectivity index (χ0v) is 13.6. The van der Waals surface area contributed by atoms with E-state index in [4.69, 9.17) is 9.15 Å². The van der Waals surface area contributed by atoms with Gasteiger partial charge in [-0.15, -0.1) is 0 Å². The molecule has 0 bridgehead atoms. The smallest absolute Gasteiger partial charge is 0.350 e. The van der Waals surface area contributed by atoms with Crippen molar-refractivity contribution in [2.75, 3.05) is 7.11 Å². The quantitative estimate of drug-likeness (QED) is 0.703. The number of allylic oxidation sites excluding steroid dienone is 1. The van der Waals surface area contributed by atoms with E-state index in [2.05, 4.69) is 30.1 Å². The third kappa shape index (κ3) is 2.22. The zero-order chi connectivity index (χ0) is 16.7. The van der Waals surface area contributed by atoms with Gasteiger partial charge in [0.25, 0.3) is 0 Å². The predicted molar refractivity (Wildman–Crippen MR) is 94.3 cm³/mol. The van der Waals surface area contributed by atoms with Crippen molar-refractivity contribution in [1.82, 2.24) is 4.98 Å². The molecule has 3 aromatic rings. The molecule has 1 heterocycles. The molecule has 1 aromatic heterocycles. The van der Waals surface area contributed by atoms with Crippen molar-refractivity contribution in [3.8, 4) is 17.2 Å². The molecule has 1 aliphatic carbocycles. The maximum Gasteiger partial charge on any atom is 0.350 e. The van der Waals surface area contributed by atoms with E-state index >= 15 is 0 Å². The molecule has 24 heavy (non-hydrogen) atoms. The Morgan fingerprint density at radius 3 is 2.88 bits per heavy atom. The minimum atomic E-state index is -0.433. The van der Waals surface area contributed by atoms with Crippen molar-refractivity contribution >= 4 is 17.0 Å². The number of fused-ring (bicyclic) bond motifs is 2. The highest BCUT2D eigenvalue weighted by atomic mass is 16.5. The SMILES string of the molecule is COc1cccc2nc(-c3cccc4c3C=CCC4C)oc(=O)c12. The molecular formula is C20H17NO3. The second kappa shape index (κ2) is 5.64. The fourth-order valence-corrected chi connectivity index (χ4v) is 3.28. The maximum absolute atomic E-state index is 12.5. The van der Waals surface area contributed by atoms with Gasteiger partial charge in [-0.3, -0.25) is 0 Å². The monoisotopic (exact) mass is 319 g/mol. The molecule has 0 N–H and O–H groups in total. The van der Waals surface area contributed by atoms with Crippen LogP contribution in [-0.2, 0) is 0 Å². The van der Waals surface area contributed by atoms with Crippen molar-refractivity contribution in [3.63, 3.8) is 0 Å². The molecule has 2 aromatic carbocycles. The van der Waals surface area contributed by atoms with E-state index in [1.807, 2.05) is 18.2 Å². The van der Waals surface area contributed by atoms with Crippen LogP contribution in [-0.4, -0.2) is 12.1 Å². The van der Waals surface area contributed by atoms with Crippen LogP contribution in [0.1, 0.15) is 30.4 Å². The lowest BCUT2D eigenvalue weighted by Crippen LogP contribution is -2.07. The standard InChI is InChI=1S/C20H17NO3/c1-12-6-3-8-14-13(12)7-4-9-15(14)19-21-16-10-5-11-17(23-2)18(16)20(22)24-19/h3-5,7-12H,6H2,1-2H3. The van der Waals surface area contributed by atoms with Gasteiger partial charge in [-0.1, -0.05) is 37.3 Å². The van der Waals surface area contributed by atoms with E-state index in [0.29, 0.717) is 28.5 Å². The number of benzene rings is 2. The largest absolute Gasteiger partial charge is 0.496 e. The Bertz CT molecular complexity index is 1020. The van der Waals surface area contributed by atoms with Gasteiger partial charge in [0.2, 0.25) is 5.89 Å². The Morgan fingerprint density at radius 2 is 2.04 bits per heavy atom. The Hall–Kier alpha value is -2.88. The first-order chi connectivity index (χ1) is 11.7. The first kappa shape index (κ1) is 14.7.